The van der Waals surface area contributed by atoms with Crippen LogP contribution in [-0.4, -0.2) is 44.8 Å². The van der Waals surface area contributed by atoms with Gasteiger partial charge in [0.25, 0.3) is 23.4 Å². The number of hydrogen-bond donors (Lipinski definition) is 0. The molecule has 2 aliphatic rings. The Morgan fingerprint density at radius 1 is 1.09 bits per heavy atom. The number of benzene rings is 1. The Morgan fingerprint density at radius 3 is 2.56 bits per heavy atom. The van der Waals surface area contributed by atoms with E-state index >= 15 is 0 Å². The number of amides is 3. The molecule has 160 valence electrons. The highest BCUT2D eigenvalue weighted by Gasteiger charge is 2.44. The Labute approximate surface area is 179 Å². The molecule has 0 bridgehead atoms. The first-order valence-corrected chi connectivity index (χ1v) is 9.56. The van der Waals surface area contributed by atoms with Gasteiger partial charge in [-0.15, -0.1) is 0 Å². The largest absolute Gasteiger partial charge is 0.467 e. The molecule has 2 aromatic heterocycles. The molecule has 0 radical (unpaired) electrons. The lowest BCUT2D eigenvalue weighted by molar-refractivity contribution is -0.385. The van der Waals surface area contributed by atoms with Crippen LogP contribution < -0.4 is 0 Å². The first kappa shape index (κ1) is 19.4. The highest BCUT2D eigenvalue weighted by molar-refractivity contribution is 6.24. The molecule has 5 rings (SSSR count). The Morgan fingerprint density at radius 2 is 1.88 bits per heavy atom. The lowest BCUT2D eigenvalue weighted by Crippen LogP contribution is -2.41. The molecule has 1 atom stereocenters. The smallest absolute Gasteiger partial charge is 0.282 e. The van der Waals surface area contributed by atoms with Gasteiger partial charge in [0.1, 0.15) is 35.4 Å². The first-order chi connectivity index (χ1) is 15.5. The number of carbonyl (C=O) groups is 3. The van der Waals surface area contributed by atoms with Gasteiger partial charge in [0.2, 0.25) is 0 Å². The number of imide groups is 1. The van der Waals surface area contributed by atoms with Crippen molar-refractivity contribution in [2.24, 2.45) is 5.10 Å². The second kappa shape index (κ2) is 7.30. The van der Waals surface area contributed by atoms with E-state index in [4.69, 9.17) is 8.83 Å². The van der Waals surface area contributed by atoms with Crippen LogP contribution in [0.1, 0.15) is 44.7 Å². The highest BCUT2D eigenvalue weighted by Crippen LogP contribution is 2.35. The second-order valence-corrected chi connectivity index (χ2v) is 7.15. The average Bonchev–Trinajstić information content (AvgIpc) is 3.57. The molecular formula is C21H14N4O7. The van der Waals surface area contributed by atoms with Crippen LogP contribution in [0.3, 0.4) is 0 Å². The molecule has 11 nitrogen and oxygen atoms in total. The minimum atomic E-state index is -0.894. The molecule has 32 heavy (non-hydrogen) atoms. The molecule has 3 amide bonds. The van der Waals surface area contributed by atoms with Crippen molar-refractivity contribution >= 4 is 29.1 Å². The van der Waals surface area contributed by atoms with Crippen molar-refractivity contribution < 1.29 is 28.1 Å². The average molecular weight is 434 g/mol. The van der Waals surface area contributed by atoms with E-state index in [1.54, 1.807) is 24.3 Å². The fourth-order valence-corrected chi connectivity index (χ4v) is 3.85. The van der Waals surface area contributed by atoms with Gasteiger partial charge in [-0.2, -0.15) is 5.10 Å². The van der Waals surface area contributed by atoms with Gasteiger partial charge < -0.3 is 8.83 Å². The molecule has 0 aliphatic carbocycles. The molecule has 1 unspecified atom stereocenters. The number of rotatable bonds is 5. The third-order valence-corrected chi connectivity index (χ3v) is 5.31. The predicted molar refractivity (Wildman–Crippen MR) is 107 cm³/mol. The van der Waals surface area contributed by atoms with Gasteiger partial charge in [-0.3, -0.25) is 29.4 Å². The number of carbonyl (C=O) groups excluding carboxylic acids is 3. The third kappa shape index (κ3) is 2.98. The summed E-state index contributed by atoms with van der Waals surface area (Å²) in [4.78, 5) is 49.9. The van der Waals surface area contributed by atoms with E-state index in [0.29, 0.717) is 28.6 Å². The van der Waals surface area contributed by atoms with Gasteiger partial charge in [-0.1, -0.05) is 6.07 Å². The summed E-state index contributed by atoms with van der Waals surface area (Å²) in [6.45, 7) is -0.629. The van der Waals surface area contributed by atoms with Crippen LogP contribution in [0, 0.1) is 10.1 Å². The van der Waals surface area contributed by atoms with Crippen LogP contribution in [0.2, 0.25) is 0 Å². The quantitative estimate of drug-likeness (QED) is 0.342. The maximum absolute atomic E-state index is 13.1. The summed E-state index contributed by atoms with van der Waals surface area (Å²) in [5.41, 5.74) is -0.411. The predicted octanol–water partition coefficient (Wildman–Crippen LogP) is 2.75. The summed E-state index contributed by atoms with van der Waals surface area (Å²) in [5, 5.41) is 16.8. The van der Waals surface area contributed by atoms with Crippen molar-refractivity contribution in [1.29, 1.82) is 0 Å². The van der Waals surface area contributed by atoms with Gasteiger partial charge in [-0.25, -0.2) is 5.01 Å². The number of nitrogens with zero attached hydrogens (tertiary/aromatic N) is 4. The van der Waals surface area contributed by atoms with Gasteiger partial charge in [0.05, 0.1) is 23.0 Å². The summed E-state index contributed by atoms with van der Waals surface area (Å²) in [6, 6.07) is 9.95. The van der Waals surface area contributed by atoms with Crippen LogP contribution in [-0.2, 0) is 4.79 Å². The maximum atomic E-state index is 13.1. The van der Waals surface area contributed by atoms with Crippen molar-refractivity contribution in [3.05, 3.63) is 87.8 Å². The molecule has 0 spiro atoms. The Balaban J connectivity index is 1.44. The Hall–Kier alpha value is -4.54. The fourth-order valence-electron chi connectivity index (χ4n) is 3.85. The minimum Gasteiger partial charge on any atom is -0.467 e. The molecule has 0 fully saturated rings. The van der Waals surface area contributed by atoms with E-state index in [1.165, 1.54) is 24.7 Å². The third-order valence-electron chi connectivity index (χ3n) is 5.31. The maximum Gasteiger partial charge on any atom is 0.282 e. The zero-order valence-electron chi connectivity index (χ0n) is 16.3. The van der Waals surface area contributed by atoms with E-state index in [2.05, 4.69) is 5.10 Å². The number of nitro benzene ring substituents is 1. The summed E-state index contributed by atoms with van der Waals surface area (Å²) < 4.78 is 10.8. The van der Waals surface area contributed by atoms with Gasteiger partial charge in [0, 0.05) is 12.5 Å². The molecule has 2 aliphatic heterocycles. The lowest BCUT2D eigenvalue weighted by Gasteiger charge is -2.22. The monoisotopic (exact) mass is 434 g/mol. The topological polar surface area (TPSA) is 139 Å². The van der Waals surface area contributed by atoms with E-state index in [0.717, 1.165) is 11.1 Å². The molecule has 0 saturated carbocycles. The normalized spacial score (nSPS) is 17.6. The standard InChI is InChI=1S/C21H14N4O7/c26-18(11-23-20(27)12-4-1-5-14(25(29)30)19(12)21(23)28)24-15(17-7-3-9-32-17)10-13(22-24)16-6-2-8-31-16/h1-9,15H,10-11H2. The van der Waals surface area contributed by atoms with E-state index in [1.807, 2.05) is 0 Å². The minimum absolute atomic E-state index is 0.110. The highest BCUT2D eigenvalue weighted by atomic mass is 16.6. The summed E-state index contributed by atoms with van der Waals surface area (Å²) in [7, 11) is 0. The zero-order valence-corrected chi connectivity index (χ0v) is 16.3. The molecule has 4 heterocycles. The molecule has 3 aromatic rings. The molecule has 11 heteroatoms. The molecule has 0 saturated heterocycles. The van der Waals surface area contributed by atoms with Crippen molar-refractivity contribution in [2.75, 3.05) is 6.54 Å². The number of furan rings is 2. The van der Waals surface area contributed by atoms with Crippen molar-refractivity contribution in [3.8, 4) is 0 Å². The van der Waals surface area contributed by atoms with Crippen LogP contribution in [0.15, 0.2) is 68.9 Å². The van der Waals surface area contributed by atoms with E-state index in [9.17, 15) is 24.5 Å². The molecule has 1 aromatic carbocycles. The summed E-state index contributed by atoms with van der Waals surface area (Å²) in [5.74, 6) is -1.36. The lowest BCUT2D eigenvalue weighted by atomic mass is 10.1. The summed E-state index contributed by atoms with van der Waals surface area (Å²) in [6.07, 6.45) is 3.25. The van der Waals surface area contributed by atoms with Crippen LogP contribution in [0.4, 0.5) is 5.69 Å². The van der Waals surface area contributed by atoms with E-state index < -0.39 is 40.9 Å². The second-order valence-electron chi connectivity index (χ2n) is 7.15. The number of nitro groups is 1. The van der Waals surface area contributed by atoms with Crippen LogP contribution in [0.25, 0.3) is 0 Å². The van der Waals surface area contributed by atoms with Crippen molar-refractivity contribution in [1.82, 2.24) is 9.91 Å². The summed E-state index contributed by atoms with van der Waals surface area (Å²) >= 11 is 0. The number of hydrazone groups is 1. The van der Waals surface area contributed by atoms with E-state index in [-0.39, 0.29) is 11.1 Å². The van der Waals surface area contributed by atoms with Gasteiger partial charge >= 0.3 is 0 Å². The molecular weight excluding hydrogens is 420 g/mol. The molecule has 0 N–H and O–H groups in total. The zero-order chi connectivity index (χ0) is 22.4. The van der Waals surface area contributed by atoms with Gasteiger partial charge in [0.15, 0.2) is 0 Å². The van der Waals surface area contributed by atoms with Crippen molar-refractivity contribution in [2.45, 2.75) is 12.5 Å². The first-order valence-electron chi connectivity index (χ1n) is 9.56. The Kier molecular flexibility index (Phi) is 4.43. The fraction of sp³-hybridized carbons (Fsp3) is 0.143. The van der Waals surface area contributed by atoms with Gasteiger partial charge in [-0.05, 0) is 30.3 Å². The number of hydrogen-bond acceptors (Lipinski definition) is 8. The van der Waals surface area contributed by atoms with Crippen LogP contribution in [0.5, 0.6) is 0 Å². The SMILES string of the molecule is O=C1c2cccc([N+](=O)[O-])c2C(=O)N1CC(=O)N1N=C(c2ccco2)CC1c1ccco1. The van der Waals surface area contributed by atoms with Crippen LogP contribution >= 0.6 is 0 Å². The van der Waals surface area contributed by atoms with Crippen molar-refractivity contribution in [3.63, 3.8) is 0 Å². The Bertz CT molecular complexity index is 1280. The number of fused-ring (bicyclic) bond motifs is 1.